The van der Waals surface area contributed by atoms with E-state index >= 15 is 0 Å². The summed E-state index contributed by atoms with van der Waals surface area (Å²) in [6.45, 7) is -0.529. The molecular formula is C24H14ClF9N2O3. The van der Waals surface area contributed by atoms with E-state index in [-0.39, 0.29) is 22.2 Å². The third-order valence-electron chi connectivity index (χ3n) is 5.78. The van der Waals surface area contributed by atoms with Crippen molar-refractivity contribution in [3.63, 3.8) is 0 Å². The molecule has 0 saturated heterocycles. The first-order chi connectivity index (χ1) is 18.0. The van der Waals surface area contributed by atoms with Gasteiger partial charge in [0.2, 0.25) is 0 Å². The Bertz CT molecular complexity index is 1450. The maximum atomic E-state index is 14.4. The van der Waals surface area contributed by atoms with E-state index in [4.69, 9.17) is 16.4 Å². The number of rotatable bonds is 5. The van der Waals surface area contributed by atoms with E-state index in [0.717, 1.165) is 6.07 Å². The van der Waals surface area contributed by atoms with E-state index < -0.39 is 59.5 Å². The number of fused-ring (bicyclic) bond motifs is 1. The number of carbonyl (C=O) groups excluding carboxylic acids is 1. The summed E-state index contributed by atoms with van der Waals surface area (Å²) in [6.07, 6.45) is -16.5. The average molecular weight is 585 g/mol. The molecule has 1 aliphatic heterocycles. The molecule has 0 fully saturated rings. The van der Waals surface area contributed by atoms with Crippen LogP contribution in [0.25, 0.3) is 10.8 Å². The molecule has 1 unspecified atom stereocenters. The third-order valence-corrected chi connectivity index (χ3v) is 6.00. The van der Waals surface area contributed by atoms with Crippen LogP contribution in [0.4, 0.5) is 39.5 Å². The molecule has 0 saturated carbocycles. The summed E-state index contributed by atoms with van der Waals surface area (Å²) in [4.78, 5) is 16.1. The highest BCUT2D eigenvalue weighted by Gasteiger charge is 2.62. The predicted octanol–water partition coefficient (Wildman–Crippen LogP) is 7.15. The zero-order chi connectivity index (χ0) is 28.8. The maximum Gasteiger partial charge on any atom is 0.573 e. The molecule has 1 atom stereocenters. The van der Waals surface area contributed by atoms with Crippen LogP contribution in [0.2, 0.25) is 5.02 Å². The number of hydrogen-bond donors (Lipinski definition) is 1. The molecule has 208 valence electrons. The Kier molecular flexibility index (Phi) is 7.13. The Balaban J connectivity index is 1.72. The molecule has 4 rings (SSSR count). The summed E-state index contributed by atoms with van der Waals surface area (Å²) < 4.78 is 123. The van der Waals surface area contributed by atoms with Crippen molar-refractivity contribution >= 4 is 34.0 Å². The third kappa shape index (κ3) is 5.84. The number of alkyl halides is 9. The van der Waals surface area contributed by atoms with Crippen LogP contribution in [0.1, 0.15) is 23.1 Å². The van der Waals surface area contributed by atoms with Gasteiger partial charge in [-0.3, -0.25) is 4.79 Å². The molecule has 0 aliphatic carbocycles. The number of oxime groups is 1. The smallest absolute Gasteiger partial charge is 0.406 e. The number of amides is 1. The van der Waals surface area contributed by atoms with Gasteiger partial charge in [0.1, 0.15) is 5.75 Å². The van der Waals surface area contributed by atoms with Crippen LogP contribution in [0.15, 0.2) is 59.8 Å². The lowest BCUT2D eigenvalue weighted by Crippen LogP contribution is -2.42. The van der Waals surface area contributed by atoms with Crippen molar-refractivity contribution in [1.29, 1.82) is 0 Å². The molecule has 39 heavy (non-hydrogen) atoms. The number of nitrogens with zero attached hydrogens (tertiary/aromatic N) is 1. The van der Waals surface area contributed by atoms with Gasteiger partial charge < -0.3 is 14.9 Å². The Labute approximate surface area is 218 Å². The molecule has 3 aromatic carbocycles. The Hall–Kier alpha value is -3.68. The minimum absolute atomic E-state index is 0.122. The van der Waals surface area contributed by atoms with E-state index in [9.17, 15) is 44.3 Å². The molecule has 1 heterocycles. The SMILES string of the molecule is O=C(NCc1ccc(C2=NOC(c3cc(Cl)cc(OC(F)(F)F)c3)(C(F)(F)F)C2)c2ccccc12)C(F)(F)F. The second kappa shape index (κ2) is 9.81. The van der Waals surface area contributed by atoms with Crippen LogP contribution in [0.3, 0.4) is 0 Å². The first-order valence-corrected chi connectivity index (χ1v) is 11.1. The number of ether oxygens (including phenoxy) is 1. The highest BCUT2D eigenvalue weighted by Crippen LogP contribution is 2.50. The highest BCUT2D eigenvalue weighted by atomic mass is 35.5. The number of hydrogen-bond acceptors (Lipinski definition) is 4. The summed E-state index contributed by atoms with van der Waals surface area (Å²) >= 11 is 5.79. The molecule has 1 aliphatic rings. The monoisotopic (exact) mass is 584 g/mol. The van der Waals surface area contributed by atoms with E-state index in [1.807, 2.05) is 0 Å². The second-order valence-corrected chi connectivity index (χ2v) is 8.79. The predicted molar refractivity (Wildman–Crippen MR) is 120 cm³/mol. The Morgan fingerprint density at radius 2 is 1.64 bits per heavy atom. The Morgan fingerprint density at radius 3 is 2.26 bits per heavy atom. The van der Waals surface area contributed by atoms with Gasteiger partial charge >= 0.3 is 24.6 Å². The zero-order valence-electron chi connectivity index (χ0n) is 19.1. The van der Waals surface area contributed by atoms with Crippen LogP contribution < -0.4 is 10.1 Å². The average Bonchev–Trinajstić information content (AvgIpc) is 3.27. The first-order valence-electron chi connectivity index (χ1n) is 10.7. The van der Waals surface area contributed by atoms with Gasteiger partial charge in [0.25, 0.3) is 5.60 Å². The molecule has 0 spiro atoms. The van der Waals surface area contributed by atoms with Crippen molar-refractivity contribution in [1.82, 2.24) is 5.32 Å². The summed E-state index contributed by atoms with van der Waals surface area (Å²) in [7, 11) is 0. The second-order valence-electron chi connectivity index (χ2n) is 8.35. The summed E-state index contributed by atoms with van der Waals surface area (Å²) in [6, 6.07) is 10.6. The molecule has 5 nitrogen and oxygen atoms in total. The van der Waals surface area contributed by atoms with Gasteiger partial charge in [-0.2, -0.15) is 26.3 Å². The number of benzene rings is 3. The molecular weight excluding hydrogens is 571 g/mol. The largest absolute Gasteiger partial charge is 0.573 e. The van der Waals surface area contributed by atoms with Crippen LogP contribution in [-0.4, -0.2) is 30.3 Å². The number of halogens is 10. The van der Waals surface area contributed by atoms with Gasteiger partial charge in [0.15, 0.2) is 0 Å². The summed E-state index contributed by atoms with van der Waals surface area (Å²) in [5.41, 5.74) is -3.91. The molecule has 0 radical (unpaired) electrons. The lowest BCUT2D eigenvalue weighted by molar-refractivity contribution is -0.277. The molecule has 3 aromatic rings. The van der Waals surface area contributed by atoms with Crippen LogP contribution in [-0.2, 0) is 21.8 Å². The van der Waals surface area contributed by atoms with Gasteiger partial charge in [-0.1, -0.05) is 53.2 Å². The van der Waals surface area contributed by atoms with Crippen molar-refractivity contribution in [3.05, 3.63) is 76.3 Å². The Morgan fingerprint density at radius 1 is 0.974 bits per heavy atom. The standard InChI is InChI=1S/C24H14ClF9N2O3/c25-14-7-13(8-15(9-14)38-24(32,33)34)21(23(29,30)31)10-19(36-39-21)18-6-5-12(11-35-20(37)22(26,27)28)16-3-1-2-4-17(16)18/h1-9H,10-11H2,(H,35,37). The van der Waals surface area contributed by atoms with Gasteiger partial charge in [-0.05, 0) is 34.5 Å². The van der Waals surface area contributed by atoms with Crippen LogP contribution >= 0.6 is 11.6 Å². The lowest BCUT2D eigenvalue weighted by Gasteiger charge is -2.30. The topological polar surface area (TPSA) is 59.9 Å². The molecule has 0 aromatic heterocycles. The lowest BCUT2D eigenvalue weighted by atomic mass is 9.85. The first kappa shape index (κ1) is 28.3. The quantitative estimate of drug-likeness (QED) is 0.324. The molecule has 0 bridgehead atoms. The molecule has 1 amide bonds. The van der Waals surface area contributed by atoms with Gasteiger partial charge in [-0.25, -0.2) is 0 Å². The maximum absolute atomic E-state index is 14.4. The highest BCUT2D eigenvalue weighted by molar-refractivity contribution is 6.30. The minimum atomic E-state index is -5.20. The van der Waals surface area contributed by atoms with Gasteiger partial charge in [0, 0.05) is 29.1 Å². The van der Waals surface area contributed by atoms with Crippen molar-refractivity contribution in [2.45, 2.75) is 37.3 Å². The molecule has 15 heteroatoms. The fraction of sp³-hybridized carbons (Fsp3) is 0.250. The van der Waals surface area contributed by atoms with E-state index in [1.54, 1.807) is 5.32 Å². The van der Waals surface area contributed by atoms with Crippen LogP contribution in [0, 0.1) is 0 Å². The van der Waals surface area contributed by atoms with E-state index in [2.05, 4.69) is 9.89 Å². The van der Waals surface area contributed by atoms with Crippen molar-refractivity contribution < 1.29 is 53.9 Å². The van der Waals surface area contributed by atoms with Crippen molar-refractivity contribution in [2.24, 2.45) is 5.16 Å². The fourth-order valence-corrected chi connectivity index (χ4v) is 4.30. The number of carbonyl (C=O) groups is 1. The van der Waals surface area contributed by atoms with Crippen molar-refractivity contribution in [2.75, 3.05) is 0 Å². The van der Waals surface area contributed by atoms with E-state index in [1.165, 1.54) is 36.4 Å². The van der Waals surface area contributed by atoms with E-state index in [0.29, 0.717) is 17.5 Å². The van der Waals surface area contributed by atoms with Gasteiger partial charge in [-0.15, -0.1) is 13.2 Å². The van der Waals surface area contributed by atoms with Crippen molar-refractivity contribution in [3.8, 4) is 5.75 Å². The van der Waals surface area contributed by atoms with Gasteiger partial charge in [0.05, 0.1) is 5.71 Å². The molecule has 1 N–H and O–H groups in total. The van der Waals surface area contributed by atoms with Crippen LogP contribution in [0.5, 0.6) is 5.75 Å². The number of nitrogens with one attached hydrogen (secondary N) is 1. The normalized spacial score (nSPS) is 18.1. The summed E-state index contributed by atoms with van der Waals surface area (Å²) in [5.74, 6) is -3.17. The summed E-state index contributed by atoms with van der Waals surface area (Å²) in [5, 5.41) is 5.44. The zero-order valence-corrected chi connectivity index (χ0v) is 19.8. The fourth-order valence-electron chi connectivity index (χ4n) is 4.08. The minimum Gasteiger partial charge on any atom is -0.406 e.